The molecule has 164 valence electrons. The number of ether oxygens (including phenoxy) is 1. The highest BCUT2D eigenvalue weighted by Gasteiger charge is 2.32. The number of fused-ring (bicyclic) bond motifs is 1. The summed E-state index contributed by atoms with van der Waals surface area (Å²) in [7, 11) is 1.56. The number of carbonyl (C=O) groups excluding carboxylic acids is 2. The molecule has 1 aromatic carbocycles. The molecule has 0 aliphatic carbocycles. The molecule has 1 aliphatic rings. The van der Waals surface area contributed by atoms with Gasteiger partial charge in [0, 0.05) is 48.2 Å². The number of methoxy groups -OCH3 is 1. The van der Waals surface area contributed by atoms with Crippen molar-refractivity contribution in [1.29, 1.82) is 0 Å². The summed E-state index contributed by atoms with van der Waals surface area (Å²) in [5.41, 5.74) is 3.47. The van der Waals surface area contributed by atoms with Crippen LogP contribution in [0.15, 0.2) is 54.9 Å². The molecule has 0 saturated carbocycles. The first-order valence-corrected chi connectivity index (χ1v) is 10.3. The largest absolute Gasteiger partial charge is 0.481 e. The topological polar surface area (TPSA) is 105 Å². The van der Waals surface area contributed by atoms with E-state index in [2.05, 4.69) is 25.9 Å². The molecule has 32 heavy (non-hydrogen) atoms. The van der Waals surface area contributed by atoms with E-state index in [0.717, 1.165) is 16.8 Å². The first kappa shape index (κ1) is 21.3. The molecular formula is C24H25N5O3. The fourth-order valence-electron chi connectivity index (χ4n) is 3.79. The van der Waals surface area contributed by atoms with E-state index in [-0.39, 0.29) is 17.2 Å². The second kappa shape index (κ2) is 8.66. The Bertz CT molecular complexity index is 1180. The van der Waals surface area contributed by atoms with Gasteiger partial charge in [0.1, 0.15) is 5.82 Å². The van der Waals surface area contributed by atoms with Crippen LogP contribution in [0.2, 0.25) is 0 Å². The Hall–Kier alpha value is -3.94. The van der Waals surface area contributed by atoms with E-state index in [1.54, 1.807) is 37.7 Å². The SMILES string of the molecule is COc1cc(CNc2ncccc2C(=O)Nc2ccc3c(c2)NC(=O)CC3(C)C)ccn1. The molecule has 0 atom stereocenters. The molecule has 0 spiro atoms. The molecule has 3 N–H and O–H groups in total. The van der Waals surface area contributed by atoms with Crippen LogP contribution in [0, 0.1) is 0 Å². The highest BCUT2D eigenvalue weighted by Crippen LogP contribution is 2.38. The average molecular weight is 431 g/mol. The van der Waals surface area contributed by atoms with E-state index in [1.807, 2.05) is 38.1 Å². The number of rotatable bonds is 6. The van der Waals surface area contributed by atoms with Crippen molar-refractivity contribution < 1.29 is 14.3 Å². The number of hydrogen-bond donors (Lipinski definition) is 3. The number of benzene rings is 1. The molecule has 2 aromatic heterocycles. The summed E-state index contributed by atoms with van der Waals surface area (Å²) in [5, 5.41) is 9.01. The van der Waals surface area contributed by atoms with Gasteiger partial charge in [-0.25, -0.2) is 9.97 Å². The number of pyridine rings is 2. The lowest BCUT2D eigenvalue weighted by Crippen LogP contribution is -2.32. The van der Waals surface area contributed by atoms with Crippen molar-refractivity contribution in [2.45, 2.75) is 32.2 Å². The lowest BCUT2D eigenvalue weighted by Gasteiger charge is -2.32. The van der Waals surface area contributed by atoms with Crippen LogP contribution in [-0.2, 0) is 16.8 Å². The maximum Gasteiger partial charge on any atom is 0.259 e. The van der Waals surface area contributed by atoms with Crippen LogP contribution in [0.1, 0.15) is 41.8 Å². The van der Waals surface area contributed by atoms with Gasteiger partial charge in [0.15, 0.2) is 0 Å². The molecule has 8 heteroatoms. The lowest BCUT2D eigenvalue weighted by molar-refractivity contribution is -0.117. The smallest absolute Gasteiger partial charge is 0.259 e. The van der Waals surface area contributed by atoms with E-state index in [9.17, 15) is 9.59 Å². The van der Waals surface area contributed by atoms with Crippen molar-refractivity contribution in [3.8, 4) is 5.88 Å². The van der Waals surface area contributed by atoms with Crippen LogP contribution in [0.5, 0.6) is 5.88 Å². The number of anilines is 3. The van der Waals surface area contributed by atoms with Crippen molar-refractivity contribution in [3.05, 3.63) is 71.5 Å². The Kier molecular flexibility index (Phi) is 5.77. The predicted octanol–water partition coefficient (Wildman–Crippen LogP) is 3.97. The minimum Gasteiger partial charge on any atom is -0.481 e. The van der Waals surface area contributed by atoms with Crippen LogP contribution >= 0.6 is 0 Å². The summed E-state index contributed by atoms with van der Waals surface area (Å²) in [6.45, 7) is 4.53. The molecule has 3 heterocycles. The van der Waals surface area contributed by atoms with Gasteiger partial charge in [-0.3, -0.25) is 9.59 Å². The molecule has 1 aliphatic heterocycles. The molecule has 4 rings (SSSR count). The van der Waals surface area contributed by atoms with Gasteiger partial charge in [0.05, 0.1) is 12.7 Å². The van der Waals surface area contributed by atoms with Crippen LogP contribution in [-0.4, -0.2) is 28.9 Å². The highest BCUT2D eigenvalue weighted by atomic mass is 16.5. The van der Waals surface area contributed by atoms with E-state index in [1.165, 1.54) is 0 Å². The number of hydrogen-bond acceptors (Lipinski definition) is 6. The number of aromatic nitrogens is 2. The zero-order valence-electron chi connectivity index (χ0n) is 18.2. The van der Waals surface area contributed by atoms with Gasteiger partial charge in [-0.05, 0) is 41.5 Å². The summed E-state index contributed by atoms with van der Waals surface area (Å²) in [6.07, 6.45) is 3.72. The third-order valence-electron chi connectivity index (χ3n) is 5.40. The van der Waals surface area contributed by atoms with Gasteiger partial charge in [0.25, 0.3) is 5.91 Å². The number of amides is 2. The summed E-state index contributed by atoms with van der Waals surface area (Å²) >= 11 is 0. The van der Waals surface area contributed by atoms with Crippen molar-refractivity contribution in [1.82, 2.24) is 9.97 Å². The van der Waals surface area contributed by atoms with Crippen LogP contribution in [0.4, 0.5) is 17.2 Å². The van der Waals surface area contributed by atoms with E-state index in [4.69, 9.17) is 4.74 Å². The zero-order chi connectivity index (χ0) is 22.7. The predicted molar refractivity (Wildman–Crippen MR) is 123 cm³/mol. The lowest BCUT2D eigenvalue weighted by atomic mass is 9.78. The first-order chi connectivity index (χ1) is 15.4. The average Bonchev–Trinajstić information content (AvgIpc) is 2.77. The Labute approximate surface area is 186 Å². The van der Waals surface area contributed by atoms with Crippen molar-refractivity contribution in [2.24, 2.45) is 0 Å². The molecule has 0 saturated heterocycles. The van der Waals surface area contributed by atoms with Gasteiger partial charge < -0.3 is 20.7 Å². The zero-order valence-corrected chi connectivity index (χ0v) is 18.2. The Balaban J connectivity index is 1.51. The molecular weight excluding hydrogens is 406 g/mol. The molecule has 0 bridgehead atoms. The molecule has 2 amide bonds. The highest BCUT2D eigenvalue weighted by molar-refractivity contribution is 6.08. The van der Waals surface area contributed by atoms with E-state index in [0.29, 0.717) is 35.9 Å². The summed E-state index contributed by atoms with van der Waals surface area (Å²) < 4.78 is 5.15. The van der Waals surface area contributed by atoms with Crippen LogP contribution in [0.3, 0.4) is 0 Å². The van der Waals surface area contributed by atoms with Gasteiger partial charge in [-0.15, -0.1) is 0 Å². The van der Waals surface area contributed by atoms with Crippen molar-refractivity contribution in [3.63, 3.8) is 0 Å². The first-order valence-electron chi connectivity index (χ1n) is 10.3. The van der Waals surface area contributed by atoms with Crippen molar-refractivity contribution >= 4 is 29.0 Å². The fourth-order valence-corrected chi connectivity index (χ4v) is 3.79. The molecule has 0 radical (unpaired) electrons. The third-order valence-corrected chi connectivity index (χ3v) is 5.40. The summed E-state index contributed by atoms with van der Waals surface area (Å²) in [6, 6.07) is 12.7. The summed E-state index contributed by atoms with van der Waals surface area (Å²) in [4.78, 5) is 33.5. The van der Waals surface area contributed by atoms with E-state index >= 15 is 0 Å². The van der Waals surface area contributed by atoms with Gasteiger partial charge in [0.2, 0.25) is 11.8 Å². The van der Waals surface area contributed by atoms with Crippen LogP contribution < -0.4 is 20.7 Å². The Morgan fingerprint density at radius 2 is 2.00 bits per heavy atom. The number of nitrogens with one attached hydrogen (secondary N) is 3. The fraction of sp³-hybridized carbons (Fsp3) is 0.250. The minimum atomic E-state index is -0.297. The molecule has 8 nitrogen and oxygen atoms in total. The second-order valence-corrected chi connectivity index (χ2v) is 8.28. The Morgan fingerprint density at radius 1 is 1.16 bits per heavy atom. The van der Waals surface area contributed by atoms with Crippen LogP contribution in [0.25, 0.3) is 0 Å². The maximum absolute atomic E-state index is 13.0. The molecule has 3 aromatic rings. The van der Waals surface area contributed by atoms with E-state index < -0.39 is 0 Å². The van der Waals surface area contributed by atoms with Gasteiger partial charge in [-0.1, -0.05) is 19.9 Å². The maximum atomic E-state index is 13.0. The Morgan fingerprint density at radius 3 is 2.81 bits per heavy atom. The number of nitrogens with zero attached hydrogens (tertiary/aromatic N) is 2. The summed E-state index contributed by atoms with van der Waals surface area (Å²) in [5.74, 6) is 0.658. The monoisotopic (exact) mass is 431 g/mol. The van der Waals surface area contributed by atoms with Crippen molar-refractivity contribution in [2.75, 3.05) is 23.1 Å². The second-order valence-electron chi connectivity index (χ2n) is 8.28. The normalized spacial score (nSPS) is 14.2. The minimum absolute atomic E-state index is 0.0301. The number of carbonyl (C=O) groups is 2. The third kappa shape index (κ3) is 4.54. The quantitative estimate of drug-likeness (QED) is 0.545. The standard InChI is InChI=1S/C24H25N5O3/c1-24(2)13-20(30)29-19-12-16(6-7-18(19)24)28-23(31)17-5-4-9-26-22(17)27-14-15-8-10-25-21(11-15)32-3/h4-12H,13-14H2,1-3H3,(H,26,27)(H,28,31)(H,29,30). The molecule has 0 fully saturated rings. The van der Waals surface area contributed by atoms with Gasteiger partial charge in [-0.2, -0.15) is 0 Å². The van der Waals surface area contributed by atoms with Gasteiger partial charge >= 0.3 is 0 Å². The molecule has 0 unspecified atom stereocenters.